The van der Waals surface area contributed by atoms with E-state index in [9.17, 15) is 13.2 Å². The number of benzene rings is 2. The number of sulfonamides is 1. The highest BCUT2D eigenvalue weighted by Crippen LogP contribution is 2.19. The first kappa shape index (κ1) is 24.5. The van der Waals surface area contributed by atoms with E-state index in [0.717, 1.165) is 16.8 Å². The van der Waals surface area contributed by atoms with Gasteiger partial charge in [-0.3, -0.25) is 4.79 Å². The van der Waals surface area contributed by atoms with Gasteiger partial charge in [-0.2, -0.15) is 4.31 Å². The van der Waals surface area contributed by atoms with Gasteiger partial charge in [-0.15, -0.1) is 0 Å². The lowest BCUT2D eigenvalue weighted by molar-refractivity contribution is 0.0950. The van der Waals surface area contributed by atoms with Crippen LogP contribution in [-0.2, 0) is 23.2 Å². The molecule has 0 fully saturated rings. The Balaban J connectivity index is 1.60. The summed E-state index contributed by atoms with van der Waals surface area (Å²) in [6, 6.07) is 13.3. The van der Waals surface area contributed by atoms with E-state index >= 15 is 0 Å². The molecule has 33 heavy (non-hydrogen) atoms. The number of carbonyl (C=O) groups excluding carboxylic acids is 1. The van der Waals surface area contributed by atoms with E-state index in [1.54, 1.807) is 55.6 Å². The molecule has 176 valence electrons. The average Bonchev–Trinajstić information content (AvgIpc) is 3.12. The zero-order valence-corrected chi connectivity index (χ0v) is 20.3. The minimum Gasteiger partial charge on any atom is -0.489 e. The molecule has 1 aromatic heterocycles. The van der Waals surface area contributed by atoms with Gasteiger partial charge in [-0.05, 0) is 63.6 Å². The van der Waals surface area contributed by atoms with Crippen molar-refractivity contribution in [1.82, 2.24) is 14.8 Å². The topological polar surface area (TPSA) is 102 Å². The summed E-state index contributed by atoms with van der Waals surface area (Å²) in [6.07, 6.45) is 0. The Morgan fingerprint density at radius 2 is 1.85 bits per heavy atom. The average molecular weight is 472 g/mol. The van der Waals surface area contributed by atoms with Crippen LogP contribution < -0.4 is 10.1 Å². The number of nitrogens with one attached hydrogen (secondary N) is 1. The van der Waals surface area contributed by atoms with Gasteiger partial charge in [0.25, 0.3) is 5.91 Å². The molecule has 9 heteroatoms. The highest BCUT2D eigenvalue weighted by Gasteiger charge is 2.22. The van der Waals surface area contributed by atoms with Crippen LogP contribution in [0.25, 0.3) is 0 Å². The summed E-state index contributed by atoms with van der Waals surface area (Å²) in [7, 11) is -1.98. The Kier molecular flexibility index (Phi) is 7.55. The third-order valence-corrected chi connectivity index (χ3v) is 7.49. The number of hydrogen-bond donors (Lipinski definition) is 1. The van der Waals surface area contributed by atoms with Crippen molar-refractivity contribution in [3.63, 3.8) is 0 Å². The van der Waals surface area contributed by atoms with Gasteiger partial charge in [0.1, 0.15) is 18.1 Å². The molecule has 0 unspecified atom stereocenters. The molecule has 1 N–H and O–H groups in total. The molecule has 0 bridgehead atoms. The molecule has 1 amide bonds. The maximum atomic E-state index is 12.6. The minimum absolute atomic E-state index is 0.141. The Hall–Kier alpha value is -3.17. The molecular formula is C24H29N3O5S. The third-order valence-electron chi connectivity index (χ3n) is 5.44. The van der Waals surface area contributed by atoms with Crippen LogP contribution in [-0.4, -0.2) is 36.9 Å². The summed E-state index contributed by atoms with van der Waals surface area (Å²) < 4.78 is 37.4. The molecule has 1 heterocycles. The van der Waals surface area contributed by atoms with Crippen LogP contribution in [0, 0.1) is 13.8 Å². The Bertz CT molecular complexity index is 1200. The first-order valence-electron chi connectivity index (χ1n) is 10.6. The van der Waals surface area contributed by atoms with E-state index in [1.807, 2.05) is 27.7 Å². The number of amides is 1. The molecule has 0 saturated heterocycles. The number of carbonyl (C=O) groups is 1. The number of nitrogens with zero attached hydrogens (tertiary/aromatic N) is 2. The van der Waals surface area contributed by atoms with Gasteiger partial charge in [0, 0.05) is 25.2 Å². The monoisotopic (exact) mass is 471 g/mol. The lowest BCUT2D eigenvalue weighted by atomic mass is 10.2. The summed E-state index contributed by atoms with van der Waals surface area (Å²) in [5, 5.41) is 6.76. The smallest absolute Gasteiger partial charge is 0.251 e. The fourth-order valence-corrected chi connectivity index (χ4v) is 4.47. The van der Waals surface area contributed by atoms with E-state index < -0.39 is 10.0 Å². The van der Waals surface area contributed by atoms with Gasteiger partial charge in [-0.25, -0.2) is 8.42 Å². The molecule has 0 spiro atoms. The molecule has 0 aliphatic rings. The molecule has 0 aliphatic heterocycles. The zero-order chi connectivity index (χ0) is 24.2. The first-order chi connectivity index (χ1) is 15.6. The van der Waals surface area contributed by atoms with E-state index in [1.165, 1.54) is 4.31 Å². The second-order valence-corrected chi connectivity index (χ2v) is 10.1. The van der Waals surface area contributed by atoms with Crippen LogP contribution in [0.15, 0.2) is 57.9 Å². The van der Waals surface area contributed by atoms with E-state index in [2.05, 4.69) is 10.5 Å². The Labute approximate surface area is 194 Å². The number of hydrogen-bond acceptors (Lipinski definition) is 6. The van der Waals surface area contributed by atoms with Crippen molar-refractivity contribution in [3.05, 3.63) is 76.7 Å². The molecule has 2 aromatic carbocycles. The number of aryl methyl sites for hydroxylation is 2. The summed E-state index contributed by atoms with van der Waals surface area (Å²) >= 11 is 0. The highest BCUT2D eigenvalue weighted by atomic mass is 32.2. The summed E-state index contributed by atoms with van der Waals surface area (Å²) in [5.41, 5.74) is 2.91. The van der Waals surface area contributed by atoms with Gasteiger partial charge < -0.3 is 14.6 Å². The normalized spacial score (nSPS) is 11.7. The van der Waals surface area contributed by atoms with Gasteiger partial charge in [0.2, 0.25) is 10.0 Å². The minimum atomic E-state index is -3.54. The molecule has 0 atom stereocenters. The second kappa shape index (κ2) is 10.2. The lowest BCUT2D eigenvalue weighted by Crippen LogP contribution is -2.33. The van der Waals surface area contributed by atoms with Crippen LogP contribution >= 0.6 is 0 Å². The highest BCUT2D eigenvalue weighted by molar-refractivity contribution is 7.89. The quantitative estimate of drug-likeness (QED) is 0.509. The summed E-state index contributed by atoms with van der Waals surface area (Å²) in [6.45, 7) is 7.88. The molecule has 0 saturated carbocycles. The number of aromatic nitrogens is 1. The predicted octanol–water partition coefficient (Wildman–Crippen LogP) is 3.83. The molecule has 0 aliphatic carbocycles. The van der Waals surface area contributed by atoms with Crippen molar-refractivity contribution in [3.8, 4) is 5.75 Å². The van der Waals surface area contributed by atoms with Crippen LogP contribution in [0.3, 0.4) is 0 Å². The van der Waals surface area contributed by atoms with Crippen LogP contribution in [0.5, 0.6) is 5.75 Å². The largest absolute Gasteiger partial charge is 0.489 e. The maximum Gasteiger partial charge on any atom is 0.251 e. The van der Waals surface area contributed by atoms with Crippen molar-refractivity contribution >= 4 is 15.9 Å². The van der Waals surface area contributed by atoms with Crippen molar-refractivity contribution < 1.29 is 22.5 Å². The second-order valence-electron chi connectivity index (χ2n) is 8.06. The fraction of sp³-hybridized carbons (Fsp3) is 0.333. The molecule has 8 nitrogen and oxygen atoms in total. The van der Waals surface area contributed by atoms with Crippen molar-refractivity contribution in [1.29, 1.82) is 0 Å². The van der Waals surface area contributed by atoms with E-state index in [0.29, 0.717) is 23.7 Å². The number of rotatable bonds is 9. The van der Waals surface area contributed by atoms with Crippen molar-refractivity contribution in [2.24, 2.45) is 0 Å². The van der Waals surface area contributed by atoms with Gasteiger partial charge in [0.15, 0.2) is 0 Å². The van der Waals surface area contributed by atoms with Crippen LogP contribution in [0.1, 0.15) is 46.8 Å². The van der Waals surface area contributed by atoms with Gasteiger partial charge in [0.05, 0.1) is 16.2 Å². The Morgan fingerprint density at radius 1 is 1.15 bits per heavy atom. The van der Waals surface area contributed by atoms with Gasteiger partial charge >= 0.3 is 0 Å². The van der Waals surface area contributed by atoms with Crippen molar-refractivity contribution in [2.45, 2.75) is 51.8 Å². The zero-order valence-electron chi connectivity index (χ0n) is 19.5. The summed E-state index contributed by atoms with van der Waals surface area (Å²) in [5.74, 6) is 1.01. The molecular weight excluding hydrogens is 442 g/mol. The third kappa shape index (κ3) is 5.80. The first-order valence-corrected chi connectivity index (χ1v) is 12.0. The molecule has 3 aromatic rings. The Morgan fingerprint density at radius 3 is 2.45 bits per heavy atom. The van der Waals surface area contributed by atoms with Gasteiger partial charge in [-0.1, -0.05) is 23.4 Å². The van der Waals surface area contributed by atoms with Crippen LogP contribution in [0.2, 0.25) is 0 Å². The lowest BCUT2D eigenvalue weighted by Gasteiger charge is -2.21. The molecule has 3 rings (SSSR count). The van der Waals surface area contributed by atoms with Crippen LogP contribution in [0.4, 0.5) is 0 Å². The fourth-order valence-electron chi connectivity index (χ4n) is 3.10. The van der Waals surface area contributed by atoms with E-state index in [-0.39, 0.29) is 23.4 Å². The maximum absolute atomic E-state index is 12.6. The summed E-state index contributed by atoms with van der Waals surface area (Å²) in [4.78, 5) is 12.8. The predicted molar refractivity (Wildman–Crippen MR) is 124 cm³/mol. The number of ether oxygens (including phenoxy) is 1. The standard InChI is InChI=1S/C24H29N3O5S/c1-16(2)27(5)33(29,30)22-11-9-19(10-12-22)14-25-24(28)20-7-6-8-21(13-20)31-15-23-17(3)26-32-18(23)4/h6-13,16H,14-15H2,1-5H3,(H,25,28). The SMILES string of the molecule is Cc1noc(C)c1COc1cccc(C(=O)NCc2ccc(S(=O)(=O)N(C)C(C)C)cc2)c1. The van der Waals surface area contributed by atoms with Crippen molar-refractivity contribution in [2.75, 3.05) is 7.05 Å². The molecule has 0 radical (unpaired) electrons. The van der Waals surface area contributed by atoms with E-state index in [4.69, 9.17) is 9.26 Å².